The van der Waals surface area contributed by atoms with E-state index in [-0.39, 0.29) is 0 Å². The van der Waals surface area contributed by atoms with Gasteiger partial charge in [-0.15, -0.1) is 10.2 Å². The quantitative estimate of drug-likeness (QED) is 0.577. The van der Waals surface area contributed by atoms with Crippen molar-refractivity contribution in [3.05, 3.63) is 35.3 Å². The fourth-order valence-electron chi connectivity index (χ4n) is 2.33. The van der Waals surface area contributed by atoms with E-state index in [9.17, 15) is 0 Å². The topological polar surface area (TPSA) is 56.2 Å². The highest BCUT2D eigenvalue weighted by Gasteiger charge is 2.17. The molecule has 4 aromatic rings. The van der Waals surface area contributed by atoms with Crippen LogP contribution in [0.5, 0.6) is 0 Å². The van der Waals surface area contributed by atoms with Crippen LogP contribution in [0.15, 0.2) is 34.7 Å². The number of hydrogen-bond donors (Lipinski definition) is 0. The van der Waals surface area contributed by atoms with Crippen molar-refractivity contribution >= 4 is 27.3 Å². The second-order valence-corrected chi connectivity index (χ2v) is 6.50. The molecule has 0 fully saturated rings. The molecule has 0 saturated carbocycles. The van der Waals surface area contributed by atoms with Gasteiger partial charge in [0.25, 0.3) is 0 Å². The summed E-state index contributed by atoms with van der Waals surface area (Å²) in [7, 11) is 0. The van der Waals surface area contributed by atoms with Crippen LogP contribution >= 0.6 is 11.3 Å². The second kappa shape index (κ2) is 4.66. The van der Waals surface area contributed by atoms with Crippen molar-refractivity contribution in [2.75, 3.05) is 0 Å². The van der Waals surface area contributed by atoms with Crippen LogP contribution in [0.2, 0.25) is 0 Å². The molecule has 0 bridgehead atoms. The lowest BCUT2D eigenvalue weighted by Crippen LogP contribution is -1.96. The van der Waals surface area contributed by atoms with Crippen LogP contribution < -0.4 is 0 Å². The molecule has 3 heterocycles. The van der Waals surface area contributed by atoms with E-state index in [1.165, 1.54) is 0 Å². The Morgan fingerprint density at radius 1 is 1.24 bits per heavy atom. The van der Waals surface area contributed by atoms with Crippen LogP contribution in [-0.2, 0) is 6.42 Å². The number of benzene rings is 1. The number of para-hydroxylation sites is 1. The molecule has 0 aliphatic rings. The van der Waals surface area contributed by atoms with Crippen molar-refractivity contribution in [2.24, 2.45) is 5.92 Å². The summed E-state index contributed by atoms with van der Waals surface area (Å²) in [5.41, 5.74) is 0.849. The van der Waals surface area contributed by atoms with E-state index in [1.807, 2.05) is 30.3 Å². The van der Waals surface area contributed by atoms with Crippen molar-refractivity contribution in [3.8, 4) is 11.6 Å². The van der Waals surface area contributed by atoms with Crippen LogP contribution in [-0.4, -0.2) is 19.8 Å². The minimum Gasteiger partial charge on any atom is -0.453 e. The molecule has 21 heavy (non-hydrogen) atoms. The van der Waals surface area contributed by atoms with E-state index in [4.69, 9.17) is 4.42 Å². The Bertz CT molecular complexity index is 885. The molecule has 1 aromatic carbocycles. The van der Waals surface area contributed by atoms with Crippen molar-refractivity contribution in [1.29, 1.82) is 0 Å². The van der Waals surface area contributed by atoms with Gasteiger partial charge in [-0.25, -0.2) is 0 Å². The van der Waals surface area contributed by atoms with Crippen LogP contribution in [0.4, 0.5) is 0 Å². The van der Waals surface area contributed by atoms with Crippen molar-refractivity contribution in [1.82, 2.24) is 19.8 Å². The van der Waals surface area contributed by atoms with Gasteiger partial charge in [0.15, 0.2) is 5.76 Å². The maximum absolute atomic E-state index is 5.85. The van der Waals surface area contributed by atoms with Crippen LogP contribution in [0.25, 0.3) is 27.5 Å². The number of rotatable bonds is 3. The highest BCUT2D eigenvalue weighted by molar-refractivity contribution is 7.16. The van der Waals surface area contributed by atoms with Gasteiger partial charge in [-0.05, 0) is 18.1 Å². The number of nitrogens with zero attached hydrogens (tertiary/aromatic N) is 4. The first-order chi connectivity index (χ1) is 10.2. The van der Waals surface area contributed by atoms with E-state index in [0.29, 0.717) is 17.5 Å². The molecule has 0 spiro atoms. The summed E-state index contributed by atoms with van der Waals surface area (Å²) in [5.74, 6) is 1.93. The zero-order valence-electron chi connectivity index (χ0n) is 11.8. The number of hydrogen-bond acceptors (Lipinski definition) is 5. The molecule has 0 aliphatic carbocycles. The van der Waals surface area contributed by atoms with Gasteiger partial charge in [-0.2, -0.15) is 9.61 Å². The molecule has 0 amide bonds. The fraction of sp³-hybridized carbons (Fsp3) is 0.267. The van der Waals surface area contributed by atoms with Crippen LogP contribution in [0.3, 0.4) is 0 Å². The molecule has 0 N–H and O–H groups in total. The van der Waals surface area contributed by atoms with E-state index < -0.39 is 0 Å². The summed E-state index contributed by atoms with van der Waals surface area (Å²) < 4.78 is 7.63. The highest BCUT2D eigenvalue weighted by atomic mass is 32.1. The predicted octanol–water partition coefficient (Wildman–Crippen LogP) is 3.80. The molecule has 4 rings (SSSR count). The molecule has 0 saturated heterocycles. The van der Waals surface area contributed by atoms with Gasteiger partial charge in [-0.1, -0.05) is 43.4 Å². The molecule has 0 radical (unpaired) electrons. The summed E-state index contributed by atoms with van der Waals surface area (Å²) in [4.78, 5) is 0.807. The lowest BCUT2D eigenvalue weighted by atomic mass is 10.1. The number of fused-ring (bicyclic) bond motifs is 2. The zero-order valence-corrected chi connectivity index (χ0v) is 12.6. The van der Waals surface area contributed by atoms with Crippen molar-refractivity contribution in [2.45, 2.75) is 20.3 Å². The highest BCUT2D eigenvalue weighted by Crippen LogP contribution is 2.28. The third-order valence-corrected chi connectivity index (χ3v) is 4.18. The minimum atomic E-state index is 0.573. The molecule has 6 heteroatoms. The Labute approximate surface area is 125 Å². The third-order valence-electron chi connectivity index (χ3n) is 3.26. The van der Waals surface area contributed by atoms with E-state index in [2.05, 4.69) is 29.1 Å². The maximum Gasteiger partial charge on any atom is 0.235 e. The zero-order chi connectivity index (χ0) is 14.4. The van der Waals surface area contributed by atoms with Gasteiger partial charge in [-0.3, -0.25) is 0 Å². The molecule has 0 aliphatic heterocycles. The number of aromatic nitrogens is 4. The monoisotopic (exact) mass is 298 g/mol. The SMILES string of the molecule is CC(C)Cc1nn2c(-c3cc4ccccc4o3)nnc2s1. The summed E-state index contributed by atoms with van der Waals surface area (Å²) in [5, 5.41) is 15.2. The molecular weight excluding hydrogens is 284 g/mol. The Kier molecular flexibility index (Phi) is 2.78. The summed E-state index contributed by atoms with van der Waals surface area (Å²) >= 11 is 1.58. The fourth-order valence-corrected chi connectivity index (χ4v) is 3.38. The summed E-state index contributed by atoms with van der Waals surface area (Å²) in [6, 6.07) is 9.89. The Morgan fingerprint density at radius 2 is 2.10 bits per heavy atom. The van der Waals surface area contributed by atoms with E-state index in [0.717, 1.165) is 27.4 Å². The van der Waals surface area contributed by atoms with Gasteiger partial charge in [0.05, 0.1) is 0 Å². The molecule has 3 aromatic heterocycles. The number of furan rings is 1. The Morgan fingerprint density at radius 3 is 2.90 bits per heavy atom. The van der Waals surface area contributed by atoms with Crippen molar-refractivity contribution in [3.63, 3.8) is 0 Å². The lowest BCUT2D eigenvalue weighted by molar-refractivity contribution is 0.617. The first kappa shape index (κ1) is 12.5. The average Bonchev–Trinajstić information content (AvgIpc) is 3.09. The largest absolute Gasteiger partial charge is 0.453 e. The molecule has 0 atom stereocenters. The minimum absolute atomic E-state index is 0.573. The molecule has 5 nitrogen and oxygen atoms in total. The summed E-state index contributed by atoms with van der Waals surface area (Å²) in [6.07, 6.45) is 0.952. The van der Waals surface area contributed by atoms with Gasteiger partial charge in [0.1, 0.15) is 10.6 Å². The lowest BCUT2D eigenvalue weighted by Gasteiger charge is -1.97. The average molecular weight is 298 g/mol. The maximum atomic E-state index is 5.85. The second-order valence-electron chi connectivity index (χ2n) is 5.46. The van der Waals surface area contributed by atoms with E-state index >= 15 is 0 Å². The van der Waals surface area contributed by atoms with Gasteiger partial charge < -0.3 is 4.42 Å². The Balaban J connectivity index is 1.83. The van der Waals surface area contributed by atoms with Crippen LogP contribution in [0, 0.1) is 5.92 Å². The third kappa shape index (κ3) is 2.12. The normalized spacial score (nSPS) is 12.0. The van der Waals surface area contributed by atoms with Crippen molar-refractivity contribution < 1.29 is 4.42 Å². The summed E-state index contributed by atoms with van der Waals surface area (Å²) in [6.45, 7) is 4.37. The van der Waals surface area contributed by atoms with Gasteiger partial charge in [0, 0.05) is 11.8 Å². The smallest absolute Gasteiger partial charge is 0.235 e. The molecule has 0 unspecified atom stereocenters. The molecule has 106 valence electrons. The Hall–Kier alpha value is -2.21. The molecular formula is C15H14N4OS. The van der Waals surface area contributed by atoms with E-state index in [1.54, 1.807) is 15.9 Å². The standard InChI is InChI=1S/C15H14N4OS/c1-9(2)7-13-18-19-14(16-17-15(19)21-13)12-8-10-5-3-4-6-11(10)20-12/h3-6,8-9H,7H2,1-2H3. The van der Waals surface area contributed by atoms with Crippen LogP contribution in [0.1, 0.15) is 18.9 Å². The van der Waals surface area contributed by atoms with Gasteiger partial charge >= 0.3 is 0 Å². The van der Waals surface area contributed by atoms with Gasteiger partial charge in [0.2, 0.25) is 10.8 Å². The predicted molar refractivity (Wildman–Crippen MR) is 82.4 cm³/mol. The first-order valence-corrected chi connectivity index (χ1v) is 7.72. The first-order valence-electron chi connectivity index (χ1n) is 6.91.